The van der Waals surface area contributed by atoms with Gasteiger partial charge in [0.05, 0.1) is 18.6 Å². The van der Waals surface area contributed by atoms with Crippen LogP contribution >= 0.6 is 0 Å². The molecule has 116 valence electrons. The van der Waals surface area contributed by atoms with Crippen LogP contribution in [0.15, 0.2) is 0 Å². The van der Waals surface area contributed by atoms with E-state index in [1.54, 1.807) is 4.68 Å². The largest absolute Gasteiger partial charge is 0.481 e. The first-order valence-electron chi connectivity index (χ1n) is 7.36. The summed E-state index contributed by atoms with van der Waals surface area (Å²) in [7, 11) is 0. The standard InChI is InChI=1S/C13H20N4O4/c18-12(19)13(3-6-20-7-4-13)9-17-11(14-15-16-17)10-2-1-5-21-8-10/h10H,1-9H2,(H,18,19). The van der Waals surface area contributed by atoms with Gasteiger partial charge in [-0.1, -0.05) is 0 Å². The molecule has 1 atom stereocenters. The normalized spacial score (nSPS) is 25.6. The lowest BCUT2D eigenvalue weighted by Gasteiger charge is -2.33. The average molecular weight is 296 g/mol. The second kappa shape index (κ2) is 6.07. The molecule has 1 aromatic heterocycles. The molecule has 0 spiro atoms. The van der Waals surface area contributed by atoms with Crippen molar-refractivity contribution >= 4 is 5.97 Å². The number of aromatic nitrogens is 4. The van der Waals surface area contributed by atoms with E-state index in [-0.39, 0.29) is 5.92 Å². The van der Waals surface area contributed by atoms with E-state index in [1.807, 2.05) is 0 Å². The lowest BCUT2D eigenvalue weighted by Crippen LogP contribution is -2.41. The molecule has 0 saturated carbocycles. The summed E-state index contributed by atoms with van der Waals surface area (Å²) in [6.45, 7) is 2.61. The number of carboxylic acids is 1. The Balaban J connectivity index is 1.80. The van der Waals surface area contributed by atoms with Gasteiger partial charge in [-0.2, -0.15) is 0 Å². The van der Waals surface area contributed by atoms with Crippen molar-refractivity contribution in [1.29, 1.82) is 0 Å². The van der Waals surface area contributed by atoms with Crippen LogP contribution in [0.4, 0.5) is 0 Å². The molecule has 1 N–H and O–H groups in total. The predicted molar refractivity (Wildman–Crippen MR) is 70.7 cm³/mol. The molecule has 1 aromatic rings. The zero-order valence-electron chi connectivity index (χ0n) is 11.9. The molecule has 2 fully saturated rings. The van der Waals surface area contributed by atoms with E-state index in [0.717, 1.165) is 25.3 Å². The van der Waals surface area contributed by atoms with E-state index in [1.165, 1.54) is 0 Å². The van der Waals surface area contributed by atoms with Crippen molar-refractivity contribution in [1.82, 2.24) is 20.2 Å². The summed E-state index contributed by atoms with van der Waals surface area (Å²) in [5.41, 5.74) is -0.835. The summed E-state index contributed by atoms with van der Waals surface area (Å²) in [5, 5.41) is 21.5. The van der Waals surface area contributed by atoms with Crippen molar-refractivity contribution in [2.24, 2.45) is 5.41 Å². The summed E-state index contributed by atoms with van der Waals surface area (Å²) in [5.74, 6) is 0.0911. The summed E-state index contributed by atoms with van der Waals surface area (Å²) in [6.07, 6.45) is 2.94. The molecular formula is C13H20N4O4. The van der Waals surface area contributed by atoms with Gasteiger partial charge < -0.3 is 14.6 Å². The minimum atomic E-state index is -0.835. The van der Waals surface area contributed by atoms with E-state index >= 15 is 0 Å². The fourth-order valence-corrected chi connectivity index (χ4v) is 3.05. The van der Waals surface area contributed by atoms with Gasteiger partial charge in [0.25, 0.3) is 0 Å². The van der Waals surface area contributed by atoms with E-state index < -0.39 is 11.4 Å². The highest BCUT2D eigenvalue weighted by atomic mass is 16.5. The summed E-state index contributed by atoms with van der Waals surface area (Å²) >= 11 is 0. The van der Waals surface area contributed by atoms with Crippen molar-refractivity contribution in [3.05, 3.63) is 5.82 Å². The molecular weight excluding hydrogens is 276 g/mol. The molecule has 3 heterocycles. The highest BCUT2D eigenvalue weighted by Gasteiger charge is 2.42. The van der Waals surface area contributed by atoms with Crippen molar-refractivity contribution in [3.63, 3.8) is 0 Å². The third-order valence-electron chi connectivity index (χ3n) is 4.44. The van der Waals surface area contributed by atoms with Gasteiger partial charge in [-0.15, -0.1) is 5.10 Å². The number of carbonyl (C=O) groups is 1. The molecule has 3 rings (SSSR count). The molecule has 8 nitrogen and oxygen atoms in total. The van der Waals surface area contributed by atoms with E-state index in [9.17, 15) is 9.90 Å². The maximum atomic E-state index is 11.7. The Morgan fingerprint density at radius 2 is 2.14 bits per heavy atom. The van der Waals surface area contributed by atoms with Crippen LogP contribution in [0.25, 0.3) is 0 Å². The number of aliphatic carboxylic acids is 1. The summed E-state index contributed by atoms with van der Waals surface area (Å²) in [6, 6.07) is 0. The van der Waals surface area contributed by atoms with Gasteiger partial charge in [-0.3, -0.25) is 4.79 Å². The second-order valence-corrected chi connectivity index (χ2v) is 5.81. The number of tetrazole rings is 1. The van der Waals surface area contributed by atoms with Crippen LogP contribution in [0.3, 0.4) is 0 Å². The molecule has 0 amide bonds. The maximum Gasteiger partial charge on any atom is 0.311 e. The van der Waals surface area contributed by atoms with E-state index in [0.29, 0.717) is 39.2 Å². The van der Waals surface area contributed by atoms with Gasteiger partial charge in [-0.05, 0) is 36.1 Å². The molecule has 2 aliphatic rings. The van der Waals surface area contributed by atoms with Gasteiger partial charge in [0.1, 0.15) is 0 Å². The second-order valence-electron chi connectivity index (χ2n) is 5.81. The molecule has 2 saturated heterocycles. The SMILES string of the molecule is O=C(O)C1(Cn2nnnc2C2CCCOC2)CCOCC1. The smallest absolute Gasteiger partial charge is 0.311 e. The van der Waals surface area contributed by atoms with Gasteiger partial charge in [-0.25, -0.2) is 4.68 Å². The third-order valence-corrected chi connectivity index (χ3v) is 4.44. The fraction of sp³-hybridized carbons (Fsp3) is 0.846. The lowest BCUT2D eigenvalue weighted by molar-refractivity contribution is -0.156. The van der Waals surface area contributed by atoms with Crippen LogP contribution in [0, 0.1) is 5.41 Å². The fourth-order valence-electron chi connectivity index (χ4n) is 3.05. The number of ether oxygens (including phenoxy) is 2. The highest BCUT2D eigenvalue weighted by Crippen LogP contribution is 2.34. The zero-order chi connectivity index (χ0) is 14.7. The number of nitrogens with zero attached hydrogens (tertiary/aromatic N) is 4. The van der Waals surface area contributed by atoms with Gasteiger partial charge in [0, 0.05) is 25.7 Å². The first-order chi connectivity index (χ1) is 10.2. The molecule has 0 radical (unpaired) electrons. The van der Waals surface area contributed by atoms with Crippen LogP contribution in [-0.2, 0) is 20.8 Å². The Morgan fingerprint density at radius 3 is 2.81 bits per heavy atom. The average Bonchev–Trinajstić information content (AvgIpc) is 2.97. The molecule has 2 aliphatic heterocycles. The number of hydrogen-bond acceptors (Lipinski definition) is 6. The Morgan fingerprint density at radius 1 is 1.33 bits per heavy atom. The Hall–Kier alpha value is -1.54. The third kappa shape index (κ3) is 2.91. The monoisotopic (exact) mass is 296 g/mol. The summed E-state index contributed by atoms with van der Waals surface area (Å²) < 4.78 is 12.4. The molecule has 0 aromatic carbocycles. The van der Waals surface area contributed by atoms with Crippen LogP contribution in [0.1, 0.15) is 37.4 Å². The van der Waals surface area contributed by atoms with Crippen LogP contribution < -0.4 is 0 Å². The first kappa shape index (κ1) is 14.4. The molecule has 8 heteroatoms. The van der Waals surface area contributed by atoms with Crippen molar-refractivity contribution in [2.45, 2.75) is 38.1 Å². The number of carboxylic acid groups (broad SMARTS) is 1. The number of rotatable bonds is 4. The highest BCUT2D eigenvalue weighted by molar-refractivity contribution is 5.74. The van der Waals surface area contributed by atoms with E-state index in [2.05, 4.69) is 15.5 Å². The molecule has 0 bridgehead atoms. The molecule has 0 aliphatic carbocycles. The Kier molecular flexibility index (Phi) is 4.16. The zero-order valence-corrected chi connectivity index (χ0v) is 11.9. The van der Waals surface area contributed by atoms with Gasteiger partial charge >= 0.3 is 5.97 Å². The van der Waals surface area contributed by atoms with Crippen LogP contribution in [0.5, 0.6) is 0 Å². The van der Waals surface area contributed by atoms with E-state index in [4.69, 9.17) is 9.47 Å². The Bertz CT molecular complexity index is 492. The number of hydrogen-bond donors (Lipinski definition) is 1. The van der Waals surface area contributed by atoms with Crippen LogP contribution in [-0.4, -0.2) is 57.7 Å². The minimum Gasteiger partial charge on any atom is -0.481 e. The van der Waals surface area contributed by atoms with Gasteiger partial charge in [0.15, 0.2) is 5.82 Å². The summed E-state index contributed by atoms with van der Waals surface area (Å²) in [4.78, 5) is 11.7. The van der Waals surface area contributed by atoms with Gasteiger partial charge in [0.2, 0.25) is 0 Å². The Labute approximate surface area is 122 Å². The molecule has 21 heavy (non-hydrogen) atoms. The van der Waals surface area contributed by atoms with Crippen LogP contribution in [0.2, 0.25) is 0 Å². The lowest BCUT2D eigenvalue weighted by atomic mass is 9.80. The molecule has 1 unspecified atom stereocenters. The minimum absolute atomic E-state index is 0.152. The van der Waals surface area contributed by atoms with Crippen molar-refractivity contribution in [2.75, 3.05) is 26.4 Å². The van der Waals surface area contributed by atoms with Crippen molar-refractivity contribution < 1.29 is 19.4 Å². The quantitative estimate of drug-likeness (QED) is 0.861. The predicted octanol–water partition coefficient (Wildman–Crippen LogP) is 0.448. The topological polar surface area (TPSA) is 99.4 Å². The van der Waals surface area contributed by atoms with Crippen molar-refractivity contribution in [3.8, 4) is 0 Å². The maximum absolute atomic E-state index is 11.7. The first-order valence-corrected chi connectivity index (χ1v) is 7.36.